The van der Waals surface area contributed by atoms with Gasteiger partial charge in [0.25, 0.3) is 0 Å². The summed E-state index contributed by atoms with van der Waals surface area (Å²) in [5, 5.41) is 13.3. The van der Waals surface area contributed by atoms with Crippen LogP contribution < -0.4 is 10.2 Å². The lowest BCUT2D eigenvalue weighted by Gasteiger charge is -2.27. The van der Waals surface area contributed by atoms with Crippen LogP contribution >= 0.6 is 11.5 Å². The van der Waals surface area contributed by atoms with Crippen LogP contribution in [-0.2, 0) is 6.61 Å². The van der Waals surface area contributed by atoms with Gasteiger partial charge in [-0.2, -0.15) is 4.37 Å². The van der Waals surface area contributed by atoms with Crippen molar-refractivity contribution in [2.45, 2.75) is 25.5 Å². The zero-order chi connectivity index (χ0) is 20.0. The van der Waals surface area contributed by atoms with Crippen molar-refractivity contribution in [3.63, 3.8) is 0 Å². The average molecular weight is 414 g/mol. The van der Waals surface area contributed by atoms with Gasteiger partial charge in [-0.15, -0.1) is 0 Å². The van der Waals surface area contributed by atoms with E-state index in [-0.39, 0.29) is 12.6 Å². The summed E-state index contributed by atoms with van der Waals surface area (Å²) in [5.41, 5.74) is 0.851. The van der Waals surface area contributed by atoms with Crippen molar-refractivity contribution in [2.75, 3.05) is 30.4 Å². The number of aromatic nitrogens is 5. The molecule has 2 unspecified atom stereocenters. The molecule has 1 aliphatic carbocycles. The molecule has 4 heterocycles. The van der Waals surface area contributed by atoms with Crippen LogP contribution in [0.2, 0.25) is 0 Å². The number of urea groups is 1. The summed E-state index contributed by atoms with van der Waals surface area (Å²) < 4.78 is 3.98. The number of nitrogens with one attached hydrogen (secondary N) is 2. The summed E-state index contributed by atoms with van der Waals surface area (Å²) in [4.78, 5) is 32.7. The molecule has 0 radical (unpaired) electrons. The summed E-state index contributed by atoms with van der Waals surface area (Å²) in [6, 6.07) is 2.27. The number of anilines is 2. The molecule has 0 aromatic carbocycles. The minimum absolute atomic E-state index is 0.144. The van der Waals surface area contributed by atoms with E-state index in [9.17, 15) is 4.79 Å². The van der Waals surface area contributed by atoms with Crippen molar-refractivity contribution in [1.82, 2.24) is 29.2 Å². The molecular formula is C18H22N8O2S. The van der Waals surface area contributed by atoms with Crippen molar-refractivity contribution in [1.29, 1.82) is 0 Å². The van der Waals surface area contributed by atoms with Gasteiger partial charge < -0.3 is 19.9 Å². The van der Waals surface area contributed by atoms with Gasteiger partial charge in [0, 0.05) is 43.9 Å². The van der Waals surface area contributed by atoms with E-state index in [0.717, 1.165) is 54.3 Å². The van der Waals surface area contributed by atoms with Gasteiger partial charge in [-0.25, -0.2) is 19.7 Å². The van der Waals surface area contributed by atoms with E-state index in [0.29, 0.717) is 28.8 Å². The molecule has 29 heavy (non-hydrogen) atoms. The molecule has 0 spiro atoms. The molecule has 3 aromatic rings. The predicted molar refractivity (Wildman–Crippen MR) is 109 cm³/mol. The Morgan fingerprint density at radius 2 is 2.17 bits per heavy atom. The summed E-state index contributed by atoms with van der Waals surface area (Å²) in [7, 11) is 2.10. The molecule has 11 heteroatoms. The first kappa shape index (κ1) is 18.3. The Labute approximate surface area is 171 Å². The van der Waals surface area contributed by atoms with E-state index in [1.165, 1.54) is 0 Å². The molecule has 3 N–H and O–H groups in total. The second kappa shape index (κ2) is 7.23. The topological polar surface area (TPSA) is 123 Å². The van der Waals surface area contributed by atoms with Crippen molar-refractivity contribution < 1.29 is 9.90 Å². The third-order valence-corrected chi connectivity index (χ3v) is 6.72. The van der Waals surface area contributed by atoms with Crippen molar-refractivity contribution in [2.24, 2.45) is 11.8 Å². The Balaban J connectivity index is 1.21. The third-order valence-electron chi connectivity index (χ3n) is 6.05. The molecule has 2 atom stereocenters. The van der Waals surface area contributed by atoms with Gasteiger partial charge in [0.15, 0.2) is 5.82 Å². The largest absolute Gasteiger partial charge is 0.388 e. The van der Waals surface area contributed by atoms with Gasteiger partial charge in [-0.3, -0.25) is 5.32 Å². The van der Waals surface area contributed by atoms with Crippen LogP contribution in [0.1, 0.15) is 18.7 Å². The molecule has 1 aliphatic heterocycles. The van der Waals surface area contributed by atoms with E-state index >= 15 is 0 Å². The van der Waals surface area contributed by atoms with Gasteiger partial charge in [-0.05, 0) is 30.7 Å². The quantitative estimate of drug-likeness (QED) is 0.593. The summed E-state index contributed by atoms with van der Waals surface area (Å²) in [6.07, 6.45) is 5.56. The molecule has 1 saturated heterocycles. The molecule has 1 saturated carbocycles. The molecule has 2 fully saturated rings. The van der Waals surface area contributed by atoms with Crippen LogP contribution in [0.5, 0.6) is 0 Å². The van der Waals surface area contributed by atoms with Gasteiger partial charge >= 0.3 is 6.03 Å². The highest BCUT2D eigenvalue weighted by Gasteiger charge is 2.44. The zero-order valence-electron chi connectivity index (χ0n) is 15.9. The first-order valence-electron chi connectivity index (χ1n) is 9.62. The minimum atomic E-state index is -0.226. The second-order valence-electron chi connectivity index (χ2n) is 7.70. The van der Waals surface area contributed by atoms with E-state index in [2.05, 4.69) is 41.6 Å². The van der Waals surface area contributed by atoms with E-state index < -0.39 is 0 Å². The number of aliphatic hydroxyl groups excluding tert-OH is 1. The number of H-pyrrole nitrogens is 1. The van der Waals surface area contributed by atoms with Crippen LogP contribution in [0.4, 0.5) is 15.7 Å². The summed E-state index contributed by atoms with van der Waals surface area (Å²) in [6.45, 7) is 1.27. The number of aliphatic hydroxyl groups is 1. The number of hydrogen-bond acceptors (Lipinski definition) is 8. The maximum absolute atomic E-state index is 12.6. The number of carbonyl (C=O) groups excluding carboxylic acids is 1. The number of hydrogen-bond donors (Lipinski definition) is 3. The van der Waals surface area contributed by atoms with Gasteiger partial charge in [0.05, 0.1) is 5.39 Å². The van der Waals surface area contributed by atoms with Crippen molar-refractivity contribution in [3.8, 4) is 0 Å². The van der Waals surface area contributed by atoms with Gasteiger partial charge in [0.1, 0.15) is 24.4 Å². The first-order valence-corrected chi connectivity index (χ1v) is 10.4. The number of aromatic amines is 1. The molecule has 10 nitrogen and oxygen atoms in total. The predicted octanol–water partition coefficient (Wildman–Crippen LogP) is 1.68. The highest BCUT2D eigenvalue weighted by molar-refractivity contribution is 7.09. The molecule has 5 rings (SSSR count). The summed E-state index contributed by atoms with van der Waals surface area (Å²) >= 11 is 1.09. The second-order valence-corrected chi connectivity index (χ2v) is 8.45. The number of amides is 2. The molecule has 0 bridgehead atoms. The van der Waals surface area contributed by atoms with E-state index in [1.807, 2.05) is 17.2 Å². The van der Waals surface area contributed by atoms with Gasteiger partial charge in [0.2, 0.25) is 5.13 Å². The standard InChI is InChI=1S/C18H22N8O2S/c1-25(16-13-2-3-19-15(13)20-9-21-16)12-4-10-6-26(7-11(10)5-12)18(28)23-17-22-14(8-27)24-29-17/h2-3,9-12,27H,4-8H2,1H3,(H,19,20,21)(H,22,23,24,28). The van der Waals surface area contributed by atoms with E-state index in [4.69, 9.17) is 5.11 Å². The normalized spacial score (nSPS) is 23.5. The lowest BCUT2D eigenvalue weighted by Crippen LogP contribution is -2.36. The highest BCUT2D eigenvalue weighted by atomic mass is 32.1. The Morgan fingerprint density at radius 1 is 1.38 bits per heavy atom. The average Bonchev–Trinajstić information content (AvgIpc) is 3.48. The maximum Gasteiger partial charge on any atom is 0.323 e. The smallest absolute Gasteiger partial charge is 0.323 e. The number of likely N-dealkylation sites (tertiary alicyclic amines) is 1. The third kappa shape index (κ3) is 3.29. The van der Waals surface area contributed by atoms with Crippen molar-refractivity contribution in [3.05, 3.63) is 24.4 Å². The Kier molecular flexibility index (Phi) is 4.55. The fraction of sp³-hybridized carbons (Fsp3) is 0.500. The van der Waals surface area contributed by atoms with E-state index in [1.54, 1.807) is 6.33 Å². The fourth-order valence-corrected chi connectivity index (χ4v) is 5.17. The van der Waals surface area contributed by atoms with Crippen LogP contribution in [0.3, 0.4) is 0 Å². The molecule has 3 aromatic heterocycles. The SMILES string of the molecule is CN(c1ncnc2[nH]ccc12)C1CC2CN(C(=O)Nc3nc(CO)ns3)CC2C1. The maximum atomic E-state index is 12.6. The molecular weight excluding hydrogens is 392 g/mol. The summed E-state index contributed by atoms with van der Waals surface area (Å²) in [5.74, 6) is 2.25. The Hall–Kier alpha value is -2.79. The van der Waals surface area contributed by atoms with Crippen LogP contribution in [-0.4, -0.2) is 66.5 Å². The lowest BCUT2D eigenvalue weighted by atomic mass is 10.0. The van der Waals surface area contributed by atoms with Gasteiger partial charge in [-0.1, -0.05) is 0 Å². The number of fused-ring (bicyclic) bond motifs is 2. The molecule has 2 aliphatic rings. The monoisotopic (exact) mass is 414 g/mol. The molecule has 2 amide bonds. The molecule has 152 valence electrons. The fourth-order valence-electron chi connectivity index (χ4n) is 4.60. The zero-order valence-corrected chi connectivity index (χ0v) is 16.8. The first-order chi connectivity index (χ1) is 14.1. The van der Waals surface area contributed by atoms with Crippen molar-refractivity contribution >= 4 is 39.5 Å². The lowest BCUT2D eigenvalue weighted by molar-refractivity contribution is 0.218. The Morgan fingerprint density at radius 3 is 2.90 bits per heavy atom. The van der Waals surface area contributed by atoms with Crippen LogP contribution in [0, 0.1) is 11.8 Å². The Bertz CT molecular complexity index is 1020. The number of rotatable bonds is 4. The minimum Gasteiger partial charge on any atom is -0.388 e. The number of carbonyl (C=O) groups is 1. The van der Waals surface area contributed by atoms with Crippen LogP contribution in [0.15, 0.2) is 18.6 Å². The van der Waals surface area contributed by atoms with Crippen LogP contribution in [0.25, 0.3) is 11.0 Å². The highest BCUT2D eigenvalue weighted by Crippen LogP contribution is 2.41. The number of nitrogens with zero attached hydrogens (tertiary/aromatic N) is 6.